The van der Waals surface area contributed by atoms with Crippen LogP contribution >= 0.6 is 0 Å². The van der Waals surface area contributed by atoms with Crippen molar-refractivity contribution in [2.75, 3.05) is 19.7 Å². The summed E-state index contributed by atoms with van der Waals surface area (Å²) in [5, 5.41) is 0. The largest absolute Gasteiger partial charge is 0.499 e. The lowest BCUT2D eigenvalue weighted by molar-refractivity contribution is -0.185. The molecule has 4 fully saturated rings. The molecule has 2 nitrogen and oxygen atoms in total. The Morgan fingerprint density at radius 1 is 0.744 bits per heavy atom. The zero-order valence-corrected chi connectivity index (χ0v) is 25.0. The first-order valence-corrected chi connectivity index (χ1v) is 16.9. The Labute approximate surface area is 237 Å². The normalized spacial score (nSPS) is 31.9. The summed E-state index contributed by atoms with van der Waals surface area (Å²) in [6.07, 6.45) is 19.2. The van der Waals surface area contributed by atoms with Gasteiger partial charge >= 0.3 is 6.18 Å². The van der Waals surface area contributed by atoms with Gasteiger partial charge < -0.3 is 9.64 Å². The highest BCUT2D eigenvalue weighted by Crippen LogP contribution is 2.48. The Bertz CT molecular complexity index is 682. The van der Waals surface area contributed by atoms with E-state index in [1.54, 1.807) is 0 Å². The molecule has 4 saturated carbocycles. The van der Waals surface area contributed by atoms with Crippen molar-refractivity contribution in [3.8, 4) is 0 Å². The number of halogens is 3. The minimum atomic E-state index is -4.03. The van der Waals surface area contributed by atoms with Crippen LogP contribution in [0.15, 0.2) is 12.3 Å². The maximum atomic E-state index is 13.5. The smallest absolute Gasteiger partial charge is 0.391 e. The first-order valence-electron chi connectivity index (χ1n) is 16.9. The average Bonchev–Trinajstić information content (AvgIpc) is 2.94. The summed E-state index contributed by atoms with van der Waals surface area (Å²) in [4.78, 5) is 2.89. The fourth-order valence-corrected chi connectivity index (χ4v) is 8.98. The van der Waals surface area contributed by atoms with Gasteiger partial charge in [-0.05, 0) is 107 Å². The molecule has 0 aromatic carbocycles. The van der Waals surface area contributed by atoms with Gasteiger partial charge in [-0.3, -0.25) is 0 Å². The maximum Gasteiger partial charge on any atom is 0.391 e. The van der Waals surface area contributed by atoms with Crippen molar-refractivity contribution < 1.29 is 17.9 Å². The standard InChI is InChI=1S/C34H58F3NO/c1-3-39-26(2)24-29-14-19-33(32(25-29)30-15-17-31(18-16-30)34(35,36)37)38(22-20-27-10-6-4-7-11-27)23-21-28-12-8-5-9-13-28/h27-33H,2-25H2,1H3/t29-,30?,31?,32-,33+/m0/s1. The molecule has 0 saturated heterocycles. The van der Waals surface area contributed by atoms with Gasteiger partial charge in [0, 0.05) is 12.5 Å². The first kappa shape index (κ1) is 31.2. The SMILES string of the molecule is C=C(C[C@@H]1CC[C@@H](N(CCC2CCCCC2)CCC2CCCCC2)[C@H](C2CCC(C(F)(F)F)CC2)C1)OCC. The van der Waals surface area contributed by atoms with Crippen LogP contribution in [-0.4, -0.2) is 36.8 Å². The predicted molar refractivity (Wildman–Crippen MR) is 155 cm³/mol. The monoisotopic (exact) mass is 553 g/mol. The molecular weight excluding hydrogens is 495 g/mol. The van der Waals surface area contributed by atoms with E-state index >= 15 is 0 Å². The molecule has 0 radical (unpaired) electrons. The van der Waals surface area contributed by atoms with Crippen LogP contribution < -0.4 is 0 Å². The lowest BCUT2D eigenvalue weighted by atomic mass is 9.65. The highest BCUT2D eigenvalue weighted by molar-refractivity contribution is 4.96. The van der Waals surface area contributed by atoms with E-state index in [4.69, 9.17) is 4.74 Å². The van der Waals surface area contributed by atoms with E-state index in [9.17, 15) is 13.2 Å². The van der Waals surface area contributed by atoms with Crippen molar-refractivity contribution in [1.29, 1.82) is 0 Å². The number of alkyl halides is 3. The molecule has 0 aromatic rings. The molecule has 0 amide bonds. The quantitative estimate of drug-likeness (QED) is 0.223. The van der Waals surface area contributed by atoms with E-state index in [0.717, 1.165) is 43.3 Å². The third kappa shape index (κ3) is 9.67. The molecule has 0 spiro atoms. The number of ether oxygens (including phenoxy) is 1. The van der Waals surface area contributed by atoms with Crippen molar-refractivity contribution in [3.63, 3.8) is 0 Å². The summed E-state index contributed by atoms with van der Waals surface area (Å²) in [7, 11) is 0. The fourth-order valence-electron chi connectivity index (χ4n) is 8.98. The van der Waals surface area contributed by atoms with Gasteiger partial charge in [0.05, 0.1) is 18.3 Å². The fraction of sp³-hybridized carbons (Fsp3) is 0.941. The first-order chi connectivity index (χ1) is 18.8. The van der Waals surface area contributed by atoms with Gasteiger partial charge in [-0.2, -0.15) is 13.2 Å². The van der Waals surface area contributed by atoms with Gasteiger partial charge in [0.1, 0.15) is 0 Å². The third-order valence-electron chi connectivity index (χ3n) is 11.2. The van der Waals surface area contributed by atoms with Crippen LogP contribution in [0.3, 0.4) is 0 Å². The Morgan fingerprint density at radius 2 is 1.31 bits per heavy atom. The Kier molecular flexibility index (Phi) is 12.4. The number of hydrogen-bond donors (Lipinski definition) is 0. The lowest BCUT2D eigenvalue weighted by Gasteiger charge is -2.48. The maximum absolute atomic E-state index is 13.5. The van der Waals surface area contributed by atoms with E-state index in [0.29, 0.717) is 43.2 Å². The zero-order chi connectivity index (χ0) is 27.7. The summed E-state index contributed by atoms with van der Waals surface area (Å²) in [6.45, 7) is 9.25. The van der Waals surface area contributed by atoms with Crippen LogP contribution in [0.25, 0.3) is 0 Å². The van der Waals surface area contributed by atoms with E-state index < -0.39 is 12.1 Å². The van der Waals surface area contributed by atoms with Crippen LogP contribution in [0.2, 0.25) is 0 Å². The van der Waals surface area contributed by atoms with Crippen molar-refractivity contribution in [2.24, 2.45) is 35.5 Å². The minimum Gasteiger partial charge on any atom is -0.499 e. The van der Waals surface area contributed by atoms with Crippen LogP contribution in [0.5, 0.6) is 0 Å². The highest BCUT2D eigenvalue weighted by Gasteiger charge is 2.45. The van der Waals surface area contributed by atoms with E-state index in [2.05, 4.69) is 11.5 Å². The molecule has 39 heavy (non-hydrogen) atoms. The van der Waals surface area contributed by atoms with Crippen molar-refractivity contribution >= 4 is 0 Å². The van der Waals surface area contributed by atoms with Crippen molar-refractivity contribution in [3.05, 3.63) is 12.3 Å². The van der Waals surface area contributed by atoms with Gasteiger partial charge in [-0.25, -0.2) is 0 Å². The second-order valence-electron chi connectivity index (χ2n) is 13.9. The molecule has 5 heteroatoms. The second-order valence-corrected chi connectivity index (χ2v) is 13.9. The van der Waals surface area contributed by atoms with Gasteiger partial charge in [0.25, 0.3) is 0 Å². The Balaban J connectivity index is 1.46. The summed E-state index contributed by atoms with van der Waals surface area (Å²) in [5.74, 6) is 3.08. The van der Waals surface area contributed by atoms with Gasteiger partial charge in [0.15, 0.2) is 0 Å². The lowest BCUT2D eigenvalue weighted by Crippen LogP contribution is -2.49. The zero-order valence-electron chi connectivity index (χ0n) is 25.0. The number of rotatable bonds is 12. The van der Waals surface area contributed by atoms with Crippen LogP contribution in [-0.2, 0) is 4.74 Å². The van der Waals surface area contributed by atoms with Crippen molar-refractivity contribution in [1.82, 2.24) is 4.90 Å². The molecule has 0 N–H and O–H groups in total. The molecule has 4 aliphatic rings. The molecule has 0 aliphatic heterocycles. The molecule has 0 bridgehead atoms. The molecule has 4 rings (SSSR count). The van der Waals surface area contributed by atoms with Crippen LogP contribution in [0.4, 0.5) is 13.2 Å². The predicted octanol–water partition coefficient (Wildman–Crippen LogP) is 10.3. The summed E-state index contributed by atoms with van der Waals surface area (Å²) in [6, 6.07) is 0.543. The molecular formula is C34H58F3NO. The number of allylic oxidation sites excluding steroid dienone is 1. The van der Waals surface area contributed by atoms with Crippen LogP contribution in [0, 0.1) is 35.5 Å². The molecule has 0 heterocycles. The average molecular weight is 554 g/mol. The molecule has 4 aliphatic carbocycles. The number of nitrogens with zero attached hydrogens (tertiary/aromatic N) is 1. The van der Waals surface area contributed by atoms with E-state index in [-0.39, 0.29) is 0 Å². The third-order valence-corrected chi connectivity index (χ3v) is 11.2. The van der Waals surface area contributed by atoms with Gasteiger partial charge in [-0.1, -0.05) is 70.8 Å². The topological polar surface area (TPSA) is 12.5 Å². The molecule has 3 atom stereocenters. The summed E-state index contributed by atoms with van der Waals surface area (Å²) in [5.41, 5.74) is 0. The van der Waals surface area contributed by atoms with Crippen molar-refractivity contribution in [2.45, 2.75) is 148 Å². The molecule has 226 valence electrons. The van der Waals surface area contributed by atoms with Crippen LogP contribution in [0.1, 0.15) is 135 Å². The second kappa shape index (κ2) is 15.5. The van der Waals surface area contributed by atoms with E-state index in [1.807, 2.05) is 6.92 Å². The molecule has 0 unspecified atom stereocenters. The minimum absolute atomic E-state index is 0.331. The Hall–Kier alpha value is -0.710. The van der Waals surface area contributed by atoms with Gasteiger partial charge in [-0.15, -0.1) is 0 Å². The van der Waals surface area contributed by atoms with Gasteiger partial charge in [0.2, 0.25) is 0 Å². The Morgan fingerprint density at radius 3 is 1.82 bits per heavy atom. The van der Waals surface area contributed by atoms with E-state index in [1.165, 1.54) is 103 Å². The summed E-state index contributed by atoms with van der Waals surface area (Å²) < 4.78 is 46.3. The number of hydrogen-bond acceptors (Lipinski definition) is 2. The molecule has 0 aromatic heterocycles. The highest BCUT2D eigenvalue weighted by atomic mass is 19.4. The summed E-state index contributed by atoms with van der Waals surface area (Å²) >= 11 is 0.